The van der Waals surface area contributed by atoms with Gasteiger partial charge in [-0.2, -0.15) is 0 Å². The van der Waals surface area contributed by atoms with Crippen LogP contribution in [0.1, 0.15) is 0 Å². The molecule has 23 heavy (non-hydrogen) atoms. The zero-order chi connectivity index (χ0) is 16.1. The van der Waals surface area contributed by atoms with E-state index in [1.807, 2.05) is 36.4 Å². The molecule has 0 saturated carbocycles. The van der Waals surface area contributed by atoms with Crippen molar-refractivity contribution in [2.24, 2.45) is 0 Å². The molecule has 3 aromatic carbocycles. The van der Waals surface area contributed by atoms with E-state index in [9.17, 15) is 4.57 Å². The van der Waals surface area contributed by atoms with Gasteiger partial charge in [0.1, 0.15) is 11.5 Å². The molecular formula is C18H14ClO3P. The molecule has 0 bridgehead atoms. The normalized spacial score (nSPS) is 11.0. The van der Waals surface area contributed by atoms with Crippen molar-refractivity contribution in [1.82, 2.24) is 0 Å². The van der Waals surface area contributed by atoms with Gasteiger partial charge in [-0.05, 0) is 48.5 Å². The van der Waals surface area contributed by atoms with Crippen molar-refractivity contribution in [2.45, 2.75) is 0 Å². The molecule has 116 valence electrons. The van der Waals surface area contributed by atoms with Crippen LogP contribution >= 0.6 is 19.2 Å². The van der Waals surface area contributed by atoms with E-state index in [0.717, 1.165) is 0 Å². The third kappa shape index (κ3) is 3.95. The highest BCUT2D eigenvalue weighted by Gasteiger charge is 2.31. The predicted octanol–water partition coefficient (Wildman–Crippen LogP) is 5.32. The molecule has 0 N–H and O–H groups in total. The lowest BCUT2D eigenvalue weighted by Crippen LogP contribution is -2.14. The summed E-state index contributed by atoms with van der Waals surface area (Å²) in [4.78, 5) is 0. The van der Waals surface area contributed by atoms with E-state index in [1.54, 1.807) is 48.5 Å². The van der Waals surface area contributed by atoms with Crippen LogP contribution in [0.2, 0.25) is 5.02 Å². The van der Waals surface area contributed by atoms with Crippen molar-refractivity contribution < 1.29 is 13.6 Å². The van der Waals surface area contributed by atoms with Gasteiger partial charge in [0, 0.05) is 5.02 Å². The highest BCUT2D eigenvalue weighted by atomic mass is 35.5. The number of benzene rings is 3. The second kappa shape index (κ2) is 6.91. The Kier molecular flexibility index (Phi) is 4.71. The quantitative estimate of drug-likeness (QED) is 0.588. The van der Waals surface area contributed by atoms with E-state index in [1.165, 1.54) is 0 Å². The van der Waals surface area contributed by atoms with Gasteiger partial charge >= 0.3 is 7.60 Å². The van der Waals surface area contributed by atoms with Crippen LogP contribution in [0.5, 0.6) is 11.5 Å². The molecule has 0 saturated heterocycles. The number of hydrogen-bond acceptors (Lipinski definition) is 3. The molecule has 0 aliphatic rings. The number of halogens is 1. The minimum atomic E-state index is -3.59. The zero-order valence-corrected chi connectivity index (χ0v) is 13.8. The summed E-state index contributed by atoms with van der Waals surface area (Å²) in [5.41, 5.74) is 0. The number of para-hydroxylation sites is 2. The SMILES string of the molecule is O=P(Oc1ccccc1)(Oc1ccccc1)c1ccc(Cl)cc1. The standard InChI is InChI=1S/C18H14ClO3P/c19-15-11-13-18(14-12-15)23(20,21-16-7-3-1-4-8-16)22-17-9-5-2-6-10-17/h1-14H. The summed E-state index contributed by atoms with van der Waals surface area (Å²) in [6, 6.07) is 24.5. The van der Waals surface area contributed by atoms with E-state index >= 15 is 0 Å². The van der Waals surface area contributed by atoms with Crippen molar-refractivity contribution in [3.8, 4) is 11.5 Å². The van der Waals surface area contributed by atoms with Gasteiger partial charge in [0.25, 0.3) is 0 Å². The Labute approximate surface area is 140 Å². The first-order valence-corrected chi connectivity index (χ1v) is 8.93. The van der Waals surface area contributed by atoms with Gasteiger partial charge in [0.05, 0.1) is 5.30 Å². The molecule has 0 amide bonds. The van der Waals surface area contributed by atoms with Gasteiger partial charge in [-0.1, -0.05) is 48.0 Å². The molecule has 0 heterocycles. The Hall–Kier alpha value is -2.22. The smallest absolute Gasteiger partial charge is 0.413 e. The maximum atomic E-state index is 13.4. The highest BCUT2D eigenvalue weighted by Crippen LogP contribution is 2.47. The molecule has 0 radical (unpaired) electrons. The van der Waals surface area contributed by atoms with Crippen LogP contribution in [0.4, 0.5) is 0 Å². The molecule has 3 rings (SSSR count). The summed E-state index contributed by atoms with van der Waals surface area (Å²) in [5.74, 6) is 0.948. The summed E-state index contributed by atoms with van der Waals surface area (Å²) in [5, 5.41) is 0.995. The van der Waals surface area contributed by atoms with E-state index in [-0.39, 0.29) is 0 Å². The van der Waals surface area contributed by atoms with Crippen molar-refractivity contribution in [2.75, 3.05) is 0 Å². The number of rotatable bonds is 5. The van der Waals surface area contributed by atoms with Gasteiger partial charge in [0.15, 0.2) is 0 Å². The summed E-state index contributed by atoms with van der Waals surface area (Å²) < 4.78 is 24.8. The average Bonchev–Trinajstić information content (AvgIpc) is 2.57. The summed E-state index contributed by atoms with van der Waals surface area (Å²) >= 11 is 5.91. The highest BCUT2D eigenvalue weighted by molar-refractivity contribution is 7.63. The minimum absolute atomic E-state index is 0.439. The first-order valence-electron chi connectivity index (χ1n) is 7.01. The van der Waals surface area contributed by atoms with Crippen molar-refractivity contribution in [3.63, 3.8) is 0 Å². The third-order valence-corrected chi connectivity index (χ3v) is 5.17. The maximum Gasteiger partial charge on any atom is 0.462 e. The zero-order valence-electron chi connectivity index (χ0n) is 12.1. The Bertz CT molecular complexity index is 759. The molecule has 5 heteroatoms. The molecule has 0 aliphatic carbocycles. The second-order valence-corrected chi connectivity index (χ2v) is 7.10. The van der Waals surface area contributed by atoms with Crippen LogP contribution in [0.3, 0.4) is 0 Å². The van der Waals surface area contributed by atoms with Crippen LogP contribution < -0.4 is 14.4 Å². The molecular weight excluding hydrogens is 331 g/mol. The lowest BCUT2D eigenvalue weighted by molar-refractivity contribution is 0.399. The summed E-state index contributed by atoms with van der Waals surface area (Å²) in [7, 11) is -3.59. The molecule has 0 aliphatic heterocycles. The minimum Gasteiger partial charge on any atom is -0.413 e. The van der Waals surface area contributed by atoms with Crippen molar-refractivity contribution in [1.29, 1.82) is 0 Å². The van der Waals surface area contributed by atoms with Crippen LogP contribution in [-0.2, 0) is 4.57 Å². The molecule has 0 unspecified atom stereocenters. The van der Waals surface area contributed by atoms with E-state index in [2.05, 4.69) is 0 Å². The fraction of sp³-hybridized carbons (Fsp3) is 0. The lowest BCUT2D eigenvalue weighted by Gasteiger charge is -2.20. The monoisotopic (exact) mass is 344 g/mol. The van der Waals surface area contributed by atoms with Crippen LogP contribution in [0.15, 0.2) is 84.9 Å². The van der Waals surface area contributed by atoms with Gasteiger partial charge in [-0.25, -0.2) is 4.57 Å². The van der Waals surface area contributed by atoms with Crippen LogP contribution in [-0.4, -0.2) is 0 Å². The fourth-order valence-corrected chi connectivity index (χ4v) is 3.67. The molecule has 0 atom stereocenters. The van der Waals surface area contributed by atoms with Gasteiger partial charge in [-0.15, -0.1) is 0 Å². The molecule has 0 spiro atoms. The van der Waals surface area contributed by atoms with Crippen molar-refractivity contribution in [3.05, 3.63) is 90.0 Å². The lowest BCUT2D eigenvalue weighted by atomic mass is 10.3. The largest absolute Gasteiger partial charge is 0.462 e. The molecule has 3 aromatic rings. The van der Waals surface area contributed by atoms with E-state index in [4.69, 9.17) is 20.6 Å². The van der Waals surface area contributed by atoms with Gasteiger partial charge in [0.2, 0.25) is 0 Å². The number of hydrogen-bond donors (Lipinski definition) is 0. The Morgan fingerprint density at radius 2 is 1.09 bits per heavy atom. The third-order valence-electron chi connectivity index (χ3n) is 3.08. The summed E-state index contributed by atoms with van der Waals surface area (Å²) in [6.07, 6.45) is 0. The average molecular weight is 345 g/mol. The maximum absolute atomic E-state index is 13.4. The topological polar surface area (TPSA) is 35.5 Å². The molecule has 0 fully saturated rings. The first kappa shape index (κ1) is 15.7. The summed E-state index contributed by atoms with van der Waals surface area (Å²) in [6.45, 7) is 0. The van der Waals surface area contributed by atoms with Crippen LogP contribution in [0, 0.1) is 0 Å². The van der Waals surface area contributed by atoms with Gasteiger partial charge < -0.3 is 9.05 Å². The predicted molar refractivity (Wildman–Crippen MR) is 92.8 cm³/mol. The molecule has 0 aromatic heterocycles. The van der Waals surface area contributed by atoms with Crippen LogP contribution in [0.25, 0.3) is 0 Å². The Morgan fingerprint density at radius 3 is 1.52 bits per heavy atom. The fourth-order valence-electron chi connectivity index (χ4n) is 1.99. The van der Waals surface area contributed by atoms with E-state index in [0.29, 0.717) is 21.8 Å². The molecule has 3 nitrogen and oxygen atoms in total. The van der Waals surface area contributed by atoms with Crippen molar-refractivity contribution >= 4 is 24.5 Å². The Morgan fingerprint density at radius 1 is 0.652 bits per heavy atom. The van der Waals surface area contributed by atoms with Gasteiger partial charge in [-0.3, -0.25) is 0 Å². The first-order chi connectivity index (χ1) is 11.2. The van der Waals surface area contributed by atoms with E-state index < -0.39 is 7.60 Å². The Balaban J connectivity index is 1.98. The second-order valence-electron chi connectivity index (χ2n) is 4.78.